The van der Waals surface area contributed by atoms with E-state index in [4.69, 9.17) is 10.7 Å². The van der Waals surface area contributed by atoms with Crippen molar-refractivity contribution in [3.05, 3.63) is 0 Å². The lowest BCUT2D eigenvalue weighted by Gasteiger charge is -2.46. The molecule has 1 fully saturated rings. The molecule has 1 aliphatic carbocycles. The summed E-state index contributed by atoms with van der Waals surface area (Å²) in [5.74, 6) is 0.620. The molecule has 2 N–H and O–H groups in total. The lowest BCUT2D eigenvalue weighted by atomic mass is 9.67. The van der Waals surface area contributed by atoms with E-state index in [0.717, 1.165) is 19.3 Å². The second-order valence-corrected chi connectivity index (χ2v) is 5.02. The second kappa shape index (κ2) is 4.43. The highest BCUT2D eigenvalue weighted by atomic mass is 14.9. The van der Waals surface area contributed by atoms with Crippen molar-refractivity contribution in [2.24, 2.45) is 16.6 Å². The number of aliphatic imine (C=N–C) groups is 1. The minimum atomic E-state index is 0.179. The minimum absolute atomic E-state index is 0.179. The van der Waals surface area contributed by atoms with Gasteiger partial charge >= 0.3 is 0 Å². The van der Waals surface area contributed by atoms with Crippen LogP contribution in [-0.2, 0) is 0 Å². The molecule has 0 spiro atoms. The van der Waals surface area contributed by atoms with Crippen LogP contribution in [0.5, 0.6) is 0 Å². The van der Waals surface area contributed by atoms with Crippen LogP contribution >= 0.6 is 0 Å². The summed E-state index contributed by atoms with van der Waals surface area (Å²) in [6.45, 7) is 8.87. The molecule has 82 valence electrons. The first-order valence-corrected chi connectivity index (χ1v) is 5.81. The zero-order valence-electron chi connectivity index (χ0n) is 10.0. The molecule has 1 saturated carbocycles. The first kappa shape index (κ1) is 11.7. The molecule has 0 saturated heterocycles. The first-order chi connectivity index (χ1) is 6.50. The van der Waals surface area contributed by atoms with Gasteiger partial charge in [-0.05, 0) is 32.1 Å². The van der Waals surface area contributed by atoms with Crippen molar-refractivity contribution in [3.63, 3.8) is 0 Å². The molecule has 0 radical (unpaired) electrons. The van der Waals surface area contributed by atoms with Crippen LogP contribution in [0.25, 0.3) is 0 Å². The SMILES string of the molecule is CCCC(C)=NC1(C(C)C)CC(N)C1. The van der Waals surface area contributed by atoms with Crippen molar-refractivity contribution in [2.45, 2.75) is 65.0 Å². The van der Waals surface area contributed by atoms with Crippen LogP contribution < -0.4 is 5.73 Å². The normalized spacial score (nSPS) is 33.3. The Morgan fingerprint density at radius 3 is 2.43 bits per heavy atom. The van der Waals surface area contributed by atoms with Gasteiger partial charge in [0.2, 0.25) is 0 Å². The quantitative estimate of drug-likeness (QED) is 0.690. The van der Waals surface area contributed by atoms with Crippen LogP contribution in [-0.4, -0.2) is 17.3 Å². The molecule has 1 aliphatic rings. The van der Waals surface area contributed by atoms with E-state index in [1.807, 2.05) is 0 Å². The molecule has 1 rings (SSSR count). The first-order valence-electron chi connectivity index (χ1n) is 5.81. The molecular formula is C12H24N2. The van der Waals surface area contributed by atoms with Gasteiger partial charge in [0.15, 0.2) is 0 Å². The Balaban J connectivity index is 2.66. The molecule has 0 aromatic rings. The average molecular weight is 196 g/mol. The van der Waals surface area contributed by atoms with Gasteiger partial charge in [-0.1, -0.05) is 27.2 Å². The van der Waals surface area contributed by atoms with Crippen molar-refractivity contribution < 1.29 is 0 Å². The predicted octanol–water partition coefficient (Wildman–Crippen LogP) is 2.76. The van der Waals surface area contributed by atoms with Crippen molar-refractivity contribution in [1.82, 2.24) is 0 Å². The van der Waals surface area contributed by atoms with Crippen LogP contribution in [0, 0.1) is 5.92 Å². The van der Waals surface area contributed by atoms with Gasteiger partial charge in [-0.15, -0.1) is 0 Å². The molecule has 0 heterocycles. The highest BCUT2D eigenvalue weighted by molar-refractivity contribution is 5.82. The van der Waals surface area contributed by atoms with E-state index in [-0.39, 0.29) is 5.54 Å². The third-order valence-corrected chi connectivity index (χ3v) is 3.33. The summed E-state index contributed by atoms with van der Waals surface area (Å²) < 4.78 is 0. The monoisotopic (exact) mass is 196 g/mol. The summed E-state index contributed by atoms with van der Waals surface area (Å²) in [5, 5.41) is 0. The van der Waals surface area contributed by atoms with Crippen molar-refractivity contribution in [1.29, 1.82) is 0 Å². The van der Waals surface area contributed by atoms with Gasteiger partial charge in [0.05, 0.1) is 5.54 Å². The largest absolute Gasteiger partial charge is 0.328 e. The lowest BCUT2D eigenvalue weighted by molar-refractivity contribution is 0.150. The Kier molecular flexibility index (Phi) is 3.71. The molecule has 0 aliphatic heterocycles. The highest BCUT2D eigenvalue weighted by Gasteiger charge is 2.44. The topological polar surface area (TPSA) is 38.4 Å². The third kappa shape index (κ3) is 2.35. The average Bonchev–Trinajstić information content (AvgIpc) is 2.00. The smallest absolute Gasteiger partial charge is 0.0659 e. The number of nitrogens with two attached hydrogens (primary N) is 1. The number of hydrogen-bond acceptors (Lipinski definition) is 2. The zero-order chi connectivity index (χ0) is 10.8. The molecule has 0 aromatic heterocycles. The van der Waals surface area contributed by atoms with Gasteiger partial charge in [-0.3, -0.25) is 4.99 Å². The van der Waals surface area contributed by atoms with Crippen LogP contribution in [0.1, 0.15) is 53.4 Å². The van der Waals surface area contributed by atoms with E-state index in [1.165, 1.54) is 12.1 Å². The standard InChI is InChI=1S/C12H24N2/c1-5-6-10(4)14-12(9(2)3)7-11(13)8-12/h9,11H,5-8,13H2,1-4H3. The summed E-state index contributed by atoms with van der Waals surface area (Å²) in [5.41, 5.74) is 7.35. The maximum atomic E-state index is 5.87. The van der Waals surface area contributed by atoms with Gasteiger partial charge < -0.3 is 5.73 Å². The Morgan fingerprint density at radius 1 is 1.50 bits per heavy atom. The molecule has 0 unspecified atom stereocenters. The summed E-state index contributed by atoms with van der Waals surface area (Å²) in [6.07, 6.45) is 4.47. The van der Waals surface area contributed by atoms with Crippen LogP contribution in [0.2, 0.25) is 0 Å². The fourth-order valence-corrected chi connectivity index (χ4v) is 2.34. The van der Waals surface area contributed by atoms with Gasteiger partial charge in [-0.2, -0.15) is 0 Å². The van der Waals surface area contributed by atoms with Gasteiger partial charge in [0.1, 0.15) is 0 Å². The van der Waals surface area contributed by atoms with Crippen molar-refractivity contribution in [2.75, 3.05) is 0 Å². The fraction of sp³-hybridized carbons (Fsp3) is 0.917. The van der Waals surface area contributed by atoms with Crippen LogP contribution in [0.4, 0.5) is 0 Å². The second-order valence-electron chi connectivity index (χ2n) is 5.02. The van der Waals surface area contributed by atoms with E-state index >= 15 is 0 Å². The highest BCUT2D eigenvalue weighted by Crippen LogP contribution is 2.41. The Bertz CT molecular complexity index is 212. The number of rotatable bonds is 4. The minimum Gasteiger partial charge on any atom is -0.328 e. The summed E-state index contributed by atoms with van der Waals surface area (Å²) in [6, 6.07) is 0.385. The molecule has 0 atom stereocenters. The Hall–Kier alpha value is -0.370. The third-order valence-electron chi connectivity index (χ3n) is 3.33. The van der Waals surface area contributed by atoms with E-state index in [2.05, 4.69) is 27.7 Å². The van der Waals surface area contributed by atoms with Crippen LogP contribution in [0.15, 0.2) is 4.99 Å². The predicted molar refractivity (Wildman–Crippen MR) is 62.8 cm³/mol. The number of hydrogen-bond donors (Lipinski definition) is 1. The van der Waals surface area contributed by atoms with E-state index in [0.29, 0.717) is 12.0 Å². The molecule has 2 nitrogen and oxygen atoms in total. The van der Waals surface area contributed by atoms with E-state index in [1.54, 1.807) is 0 Å². The maximum absolute atomic E-state index is 5.87. The zero-order valence-corrected chi connectivity index (χ0v) is 10.0. The summed E-state index contributed by atoms with van der Waals surface area (Å²) >= 11 is 0. The molecule has 14 heavy (non-hydrogen) atoms. The van der Waals surface area contributed by atoms with Crippen LogP contribution in [0.3, 0.4) is 0 Å². The van der Waals surface area contributed by atoms with Gasteiger partial charge in [0.25, 0.3) is 0 Å². The molecule has 0 bridgehead atoms. The fourth-order valence-electron chi connectivity index (χ4n) is 2.34. The maximum Gasteiger partial charge on any atom is 0.0659 e. The molecule has 0 amide bonds. The Labute approximate surface area is 88.0 Å². The van der Waals surface area contributed by atoms with Crippen molar-refractivity contribution >= 4 is 5.71 Å². The van der Waals surface area contributed by atoms with Crippen molar-refractivity contribution in [3.8, 4) is 0 Å². The molecule has 2 heteroatoms. The van der Waals surface area contributed by atoms with Gasteiger partial charge in [0, 0.05) is 11.8 Å². The Morgan fingerprint density at radius 2 is 2.07 bits per heavy atom. The summed E-state index contributed by atoms with van der Waals surface area (Å²) in [4.78, 5) is 4.89. The van der Waals surface area contributed by atoms with Gasteiger partial charge in [-0.25, -0.2) is 0 Å². The number of nitrogens with zero attached hydrogens (tertiary/aromatic N) is 1. The van der Waals surface area contributed by atoms with E-state index in [9.17, 15) is 0 Å². The van der Waals surface area contributed by atoms with E-state index < -0.39 is 0 Å². The molecular weight excluding hydrogens is 172 g/mol. The summed E-state index contributed by atoms with van der Waals surface area (Å²) in [7, 11) is 0. The molecule has 0 aromatic carbocycles. The lowest BCUT2D eigenvalue weighted by Crippen LogP contribution is -2.53.